The fourth-order valence-corrected chi connectivity index (χ4v) is 2.02. The molecule has 2 atom stereocenters. The fourth-order valence-electron chi connectivity index (χ4n) is 1.36. The van der Waals surface area contributed by atoms with Gasteiger partial charge in [0.1, 0.15) is 5.15 Å². The first kappa shape index (κ1) is 13.6. The largest absolute Gasteiger partial charge is 0.310 e. The van der Waals surface area contributed by atoms with E-state index in [1.807, 2.05) is 6.07 Å². The van der Waals surface area contributed by atoms with Crippen molar-refractivity contribution in [3.63, 3.8) is 0 Å². The van der Waals surface area contributed by atoms with Crippen molar-refractivity contribution in [1.82, 2.24) is 10.3 Å². The molecule has 0 aromatic carbocycles. The molecular weight excluding hydrogens is 244 g/mol. The highest BCUT2D eigenvalue weighted by molar-refractivity contribution is 7.84. The number of halogens is 1. The van der Waals surface area contributed by atoms with Crippen LogP contribution in [-0.2, 0) is 10.8 Å². The average molecular weight is 261 g/mol. The van der Waals surface area contributed by atoms with Gasteiger partial charge in [-0.15, -0.1) is 0 Å². The van der Waals surface area contributed by atoms with Crippen molar-refractivity contribution in [3.05, 3.63) is 29.0 Å². The summed E-state index contributed by atoms with van der Waals surface area (Å²) < 4.78 is 10.9. The van der Waals surface area contributed by atoms with Gasteiger partial charge in [0.25, 0.3) is 0 Å². The zero-order chi connectivity index (χ0) is 12.0. The Morgan fingerprint density at radius 1 is 1.56 bits per heavy atom. The van der Waals surface area contributed by atoms with Gasteiger partial charge in [-0.2, -0.15) is 0 Å². The van der Waals surface area contributed by atoms with Crippen LogP contribution in [0, 0.1) is 0 Å². The van der Waals surface area contributed by atoms with Crippen molar-refractivity contribution in [3.8, 4) is 0 Å². The molecular formula is C11H17ClN2OS. The molecule has 0 aliphatic carbocycles. The number of hydrogen-bond acceptors (Lipinski definition) is 3. The summed E-state index contributed by atoms with van der Waals surface area (Å²) in [4.78, 5) is 4.03. The first-order chi connectivity index (χ1) is 7.59. The number of hydrogen-bond donors (Lipinski definition) is 1. The van der Waals surface area contributed by atoms with E-state index >= 15 is 0 Å². The predicted molar refractivity (Wildman–Crippen MR) is 69.2 cm³/mol. The van der Waals surface area contributed by atoms with E-state index in [-0.39, 0.29) is 6.04 Å². The number of nitrogens with one attached hydrogen (secondary N) is 1. The van der Waals surface area contributed by atoms with Crippen molar-refractivity contribution >= 4 is 22.4 Å². The van der Waals surface area contributed by atoms with E-state index in [1.54, 1.807) is 18.5 Å². The summed E-state index contributed by atoms with van der Waals surface area (Å²) in [7, 11) is -0.698. The fraction of sp³-hybridized carbons (Fsp3) is 0.545. The lowest BCUT2D eigenvalue weighted by atomic mass is 10.1. The van der Waals surface area contributed by atoms with Crippen LogP contribution < -0.4 is 5.32 Å². The molecule has 16 heavy (non-hydrogen) atoms. The van der Waals surface area contributed by atoms with Crippen LogP contribution in [-0.4, -0.2) is 27.7 Å². The van der Waals surface area contributed by atoms with Gasteiger partial charge in [0.2, 0.25) is 0 Å². The monoisotopic (exact) mass is 260 g/mol. The molecule has 0 spiro atoms. The normalized spacial score (nSPS) is 14.7. The first-order valence-electron chi connectivity index (χ1n) is 5.24. The number of pyridine rings is 1. The second-order valence-corrected chi connectivity index (χ2v) is 5.66. The Balaban J connectivity index is 2.32. The molecule has 0 aliphatic heterocycles. The molecule has 1 aromatic heterocycles. The van der Waals surface area contributed by atoms with Gasteiger partial charge in [0.05, 0.1) is 0 Å². The van der Waals surface area contributed by atoms with Gasteiger partial charge in [-0.1, -0.05) is 17.7 Å². The Morgan fingerprint density at radius 3 is 2.88 bits per heavy atom. The Morgan fingerprint density at radius 2 is 2.31 bits per heavy atom. The molecule has 0 fully saturated rings. The average Bonchev–Trinajstić information content (AvgIpc) is 2.25. The third kappa shape index (κ3) is 5.05. The molecule has 3 nitrogen and oxygen atoms in total. The minimum Gasteiger partial charge on any atom is -0.310 e. The van der Waals surface area contributed by atoms with Crippen LogP contribution in [0.4, 0.5) is 0 Å². The van der Waals surface area contributed by atoms with Crippen LogP contribution in [0.3, 0.4) is 0 Å². The molecule has 1 aromatic rings. The number of rotatable bonds is 6. The van der Waals surface area contributed by atoms with Gasteiger partial charge < -0.3 is 5.32 Å². The minimum absolute atomic E-state index is 0.245. The highest BCUT2D eigenvalue weighted by atomic mass is 35.5. The molecule has 0 aliphatic rings. The Kier molecular flexibility index (Phi) is 5.95. The number of aromatic nitrogens is 1. The van der Waals surface area contributed by atoms with E-state index in [0.717, 1.165) is 24.3 Å². The third-order valence-corrected chi connectivity index (χ3v) is 3.40. The molecule has 1 rings (SSSR count). The molecule has 2 unspecified atom stereocenters. The van der Waals surface area contributed by atoms with Crippen molar-refractivity contribution < 1.29 is 4.21 Å². The smallest absolute Gasteiger partial charge is 0.129 e. The molecule has 0 saturated heterocycles. The minimum atomic E-state index is -0.698. The summed E-state index contributed by atoms with van der Waals surface area (Å²) in [6.45, 7) is 2.94. The van der Waals surface area contributed by atoms with Gasteiger partial charge in [-0.3, -0.25) is 4.21 Å². The van der Waals surface area contributed by atoms with E-state index in [1.165, 1.54) is 0 Å². The Labute approximate surface area is 104 Å². The molecule has 0 bridgehead atoms. The lowest BCUT2D eigenvalue weighted by Gasteiger charge is -2.13. The summed E-state index contributed by atoms with van der Waals surface area (Å²) in [5.41, 5.74) is 1.11. The molecule has 5 heteroatoms. The highest BCUT2D eigenvalue weighted by Crippen LogP contribution is 2.13. The molecule has 0 amide bonds. The Hall–Kier alpha value is -0.450. The van der Waals surface area contributed by atoms with Gasteiger partial charge in [-0.05, 0) is 31.5 Å². The van der Waals surface area contributed by atoms with E-state index in [0.29, 0.717) is 5.15 Å². The van der Waals surface area contributed by atoms with Gasteiger partial charge in [-0.25, -0.2) is 4.98 Å². The van der Waals surface area contributed by atoms with Crippen LogP contribution in [0.25, 0.3) is 0 Å². The summed E-state index contributed by atoms with van der Waals surface area (Å²) in [5, 5.41) is 3.87. The summed E-state index contributed by atoms with van der Waals surface area (Å²) in [5.74, 6) is 0.749. The maximum Gasteiger partial charge on any atom is 0.129 e. The zero-order valence-electron chi connectivity index (χ0n) is 9.57. The van der Waals surface area contributed by atoms with E-state index in [4.69, 9.17) is 11.6 Å². The maximum absolute atomic E-state index is 10.9. The van der Waals surface area contributed by atoms with Crippen LogP contribution in [0.15, 0.2) is 18.3 Å². The molecule has 0 saturated carbocycles. The van der Waals surface area contributed by atoms with Crippen LogP contribution >= 0.6 is 11.6 Å². The van der Waals surface area contributed by atoms with E-state index in [2.05, 4.69) is 17.2 Å². The van der Waals surface area contributed by atoms with Crippen LogP contribution in [0.1, 0.15) is 24.9 Å². The molecule has 90 valence electrons. The maximum atomic E-state index is 10.9. The molecule has 0 radical (unpaired) electrons. The summed E-state index contributed by atoms with van der Waals surface area (Å²) in [6.07, 6.45) is 4.43. The highest BCUT2D eigenvalue weighted by Gasteiger charge is 2.04. The Bertz CT molecular complexity index is 342. The summed E-state index contributed by atoms with van der Waals surface area (Å²) in [6, 6.07) is 4.00. The van der Waals surface area contributed by atoms with Crippen molar-refractivity contribution in [2.24, 2.45) is 0 Å². The van der Waals surface area contributed by atoms with Crippen molar-refractivity contribution in [2.45, 2.75) is 19.4 Å². The summed E-state index contributed by atoms with van der Waals surface area (Å²) >= 11 is 5.71. The standard InChI is InChI=1S/C11H17ClN2OS/c1-9(13-6-3-7-16(2)15)10-4-5-11(12)14-8-10/h4-5,8-9,13H,3,6-7H2,1-2H3. The lowest BCUT2D eigenvalue weighted by molar-refractivity contribution is 0.569. The molecule has 1 heterocycles. The second kappa shape index (κ2) is 6.99. The SMILES string of the molecule is CC(NCCCS(C)=O)c1ccc(Cl)nc1. The van der Waals surface area contributed by atoms with Crippen LogP contribution in [0.5, 0.6) is 0 Å². The lowest BCUT2D eigenvalue weighted by Crippen LogP contribution is -2.21. The third-order valence-electron chi connectivity index (χ3n) is 2.31. The van der Waals surface area contributed by atoms with E-state index < -0.39 is 10.8 Å². The predicted octanol–water partition coefficient (Wildman–Crippen LogP) is 2.15. The van der Waals surface area contributed by atoms with Gasteiger partial charge >= 0.3 is 0 Å². The molecule has 1 N–H and O–H groups in total. The van der Waals surface area contributed by atoms with E-state index in [9.17, 15) is 4.21 Å². The number of nitrogens with zero attached hydrogens (tertiary/aromatic N) is 1. The zero-order valence-corrected chi connectivity index (χ0v) is 11.1. The van der Waals surface area contributed by atoms with Crippen molar-refractivity contribution in [1.29, 1.82) is 0 Å². The quantitative estimate of drug-likeness (QED) is 0.630. The van der Waals surface area contributed by atoms with Gasteiger partial charge in [0.15, 0.2) is 0 Å². The van der Waals surface area contributed by atoms with Crippen molar-refractivity contribution in [2.75, 3.05) is 18.6 Å². The first-order valence-corrected chi connectivity index (χ1v) is 7.35. The topological polar surface area (TPSA) is 42.0 Å². The van der Waals surface area contributed by atoms with Crippen LogP contribution in [0.2, 0.25) is 5.15 Å². The second-order valence-electron chi connectivity index (χ2n) is 3.72. The van der Waals surface area contributed by atoms with Gasteiger partial charge in [0, 0.05) is 35.0 Å².